The van der Waals surface area contributed by atoms with E-state index in [1.165, 1.54) is 0 Å². The fourth-order valence-corrected chi connectivity index (χ4v) is 1.95. The van der Waals surface area contributed by atoms with Gasteiger partial charge in [-0.15, -0.1) is 0 Å². The maximum Gasteiger partial charge on any atom is 0.276 e. The van der Waals surface area contributed by atoms with Crippen LogP contribution in [0.4, 0.5) is 0 Å². The minimum absolute atomic E-state index is 0.350. The first-order valence-electron chi connectivity index (χ1n) is 5.87. The highest BCUT2D eigenvalue weighted by atomic mass is 35.5. The maximum atomic E-state index is 5.99. The van der Waals surface area contributed by atoms with Crippen LogP contribution in [-0.4, -0.2) is 22.2 Å². The third-order valence-corrected chi connectivity index (χ3v) is 2.95. The largest absolute Gasteiger partial charge is 0.496 e. The van der Waals surface area contributed by atoms with Gasteiger partial charge >= 0.3 is 0 Å². The molecule has 100 valence electrons. The molecule has 0 saturated heterocycles. The lowest BCUT2D eigenvalue weighted by molar-refractivity contribution is 0.413. The first kappa shape index (κ1) is 12.6. The molecule has 0 fully saturated rings. The standard InChI is InChI=1S/C14H10ClN3O2/c1-19-12-6-5-9(15)8-10(12)13-17-14(20-18-13)11-4-2-3-7-16-11/h2-8H,1H3. The van der Waals surface area contributed by atoms with Crippen LogP contribution in [0, 0.1) is 0 Å². The molecular weight excluding hydrogens is 278 g/mol. The zero-order chi connectivity index (χ0) is 13.9. The second-order valence-corrected chi connectivity index (χ2v) is 4.42. The van der Waals surface area contributed by atoms with Crippen molar-refractivity contribution in [2.75, 3.05) is 7.11 Å². The van der Waals surface area contributed by atoms with Crippen molar-refractivity contribution in [3.8, 4) is 28.7 Å². The summed E-state index contributed by atoms with van der Waals surface area (Å²) in [5, 5.41) is 4.52. The number of methoxy groups -OCH3 is 1. The number of ether oxygens (including phenoxy) is 1. The molecule has 0 unspecified atom stereocenters. The topological polar surface area (TPSA) is 61.0 Å². The molecule has 2 heterocycles. The Balaban J connectivity index is 2.04. The Hall–Kier alpha value is -2.40. The molecule has 1 aromatic carbocycles. The van der Waals surface area contributed by atoms with Crippen LogP contribution >= 0.6 is 11.6 Å². The average Bonchev–Trinajstić information content (AvgIpc) is 2.98. The molecule has 3 rings (SSSR count). The van der Waals surface area contributed by atoms with Crippen LogP contribution in [0.3, 0.4) is 0 Å². The summed E-state index contributed by atoms with van der Waals surface area (Å²) in [6, 6.07) is 10.7. The van der Waals surface area contributed by atoms with Gasteiger partial charge in [0.2, 0.25) is 5.82 Å². The van der Waals surface area contributed by atoms with Gasteiger partial charge in [0.05, 0.1) is 12.7 Å². The Morgan fingerprint density at radius 2 is 2.10 bits per heavy atom. The molecule has 20 heavy (non-hydrogen) atoms. The second kappa shape index (κ2) is 5.30. The fourth-order valence-electron chi connectivity index (χ4n) is 1.78. The van der Waals surface area contributed by atoms with Crippen LogP contribution in [0.2, 0.25) is 5.02 Å². The summed E-state index contributed by atoms with van der Waals surface area (Å²) in [6.45, 7) is 0. The van der Waals surface area contributed by atoms with Gasteiger partial charge in [-0.05, 0) is 30.3 Å². The van der Waals surface area contributed by atoms with Crippen molar-refractivity contribution in [1.29, 1.82) is 0 Å². The van der Waals surface area contributed by atoms with Crippen LogP contribution in [0.1, 0.15) is 0 Å². The molecule has 0 spiro atoms. The van der Waals surface area contributed by atoms with E-state index in [9.17, 15) is 0 Å². The molecule has 0 saturated carbocycles. The highest BCUT2D eigenvalue weighted by molar-refractivity contribution is 6.30. The average molecular weight is 288 g/mol. The van der Waals surface area contributed by atoms with Gasteiger partial charge in [-0.25, -0.2) is 0 Å². The van der Waals surface area contributed by atoms with Crippen molar-refractivity contribution in [3.63, 3.8) is 0 Å². The van der Waals surface area contributed by atoms with E-state index >= 15 is 0 Å². The quantitative estimate of drug-likeness (QED) is 0.738. The highest BCUT2D eigenvalue weighted by Crippen LogP contribution is 2.31. The molecule has 3 aromatic rings. The first-order valence-corrected chi connectivity index (χ1v) is 6.25. The van der Waals surface area contributed by atoms with E-state index in [4.69, 9.17) is 20.9 Å². The van der Waals surface area contributed by atoms with E-state index in [1.54, 1.807) is 37.6 Å². The van der Waals surface area contributed by atoms with Crippen molar-refractivity contribution in [1.82, 2.24) is 15.1 Å². The predicted molar refractivity (Wildman–Crippen MR) is 74.5 cm³/mol. The molecule has 0 bridgehead atoms. The van der Waals surface area contributed by atoms with Crippen molar-refractivity contribution in [2.45, 2.75) is 0 Å². The van der Waals surface area contributed by atoms with E-state index in [-0.39, 0.29) is 0 Å². The van der Waals surface area contributed by atoms with Crippen LogP contribution in [0.5, 0.6) is 5.75 Å². The zero-order valence-corrected chi connectivity index (χ0v) is 11.3. The number of nitrogens with zero attached hydrogens (tertiary/aromatic N) is 3. The monoisotopic (exact) mass is 287 g/mol. The van der Waals surface area contributed by atoms with Crippen LogP contribution in [0.25, 0.3) is 23.0 Å². The Morgan fingerprint density at radius 3 is 2.85 bits per heavy atom. The summed E-state index contributed by atoms with van der Waals surface area (Å²) in [6.07, 6.45) is 1.67. The van der Waals surface area contributed by atoms with Crippen LogP contribution in [-0.2, 0) is 0 Å². The lowest BCUT2D eigenvalue weighted by Gasteiger charge is -2.04. The summed E-state index contributed by atoms with van der Waals surface area (Å²) < 4.78 is 10.5. The Labute approximate surface area is 120 Å². The summed E-state index contributed by atoms with van der Waals surface area (Å²) in [7, 11) is 1.58. The number of hydrogen-bond donors (Lipinski definition) is 0. The number of benzene rings is 1. The highest BCUT2D eigenvalue weighted by Gasteiger charge is 2.15. The van der Waals surface area contributed by atoms with Gasteiger partial charge in [0.1, 0.15) is 11.4 Å². The third kappa shape index (κ3) is 2.35. The smallest absolute Gasteiger partial charge is 0.276 e. The SMILES string of the molecule is COc1ccc(Cl)cc1-c1noc(-c2ccccn2)n1. The summed E-state index contributed by atoms with van der Waals surface area (Å²) in [5.74, 6) is 1.38. The summed E-state index contributed by atoms with van der Waals surface area (Å²) in [4.78, 5) is 8.48. The van der Waals surface area contributed by atoms with Gasteiger partial charge < -0.3 is 9.26 Å². The van der Waals surface area contributed by atoms with Crippen LogP contribution < -0.4 is 4.74 Å². The zero-order valence-electron chi connectivity index (χ0n) is 10.6. The van der Waals surface area contributed by atoms with Crippen molar-refractivity contribution in [2.24, 2.45) is 0 Å². The van der Waals surface area contributed by atoms with E-state index in [0.717, 1.165) is 0 Å². The van der Waals surface area contributed by atoms with E-state index in [0.29, 0.717) is 33.7 Å². The molecular formula is C14H10ClN3O2. The van der Waals surface area contributed by atoms with E-state index < -0.39 is 0 Å². The minimum atomic E-state index is 0.350. The molecule has 0 aliphatic carbocycles. The molecule has 0 aliphatic heterocycles. The molecule has 2 aromatic heterocycles. The molecule has 0 amide bonds. The first-order chi connectivity index (χ1) is 9.78. The van der Waals surface area contributed by atoms with Gasteiger partial charge in [-0.1, -0.05) is 22.8 Å². The van der Waals surface area contributed by atoms with Gasteiger partial charge in [0.15, 0.2) is 0 Å². The van der Waals surface area contributed by atoms with Crippen molar-refractivity contribution in [3.05, 3.63) is 47.6 Å². The van der Waals surface area contributed by atoms with Gasteiger partial charge in [0.25, 0.3) is 5.89 Å². The van der Waals surface area contributed by atoms with E-state index in [1.807, 2.05) is 12.1 Å². The number of aromatic nitrogens is 3. The summed E-state index contributed by atoms with van der Waals surface area (Å²) >= 11 is 5.99. The predicted octanol–water partition coefficient (Wildman–Crippen LogP) is 3.46. The Bertz CT molecular complexity index is 728. The number of hydrogen-bond acceptors (Lipinski definition) is 5. The third-order valence-electron chi connectivity index (χ3n) is 2.71. The van der Waals surface area contributed by atoms with Crippen LogP contribution in [0.15, 0.2) is 47.1 Å². The Kier molecular flexibility index (Phi) is 3.35. The second-order valence-electron chi connectivity index (χ2n) is 3.98. The molecule has 0 atom stereocenters. The normalized spacial score (nSPS) is 10.5. The van der Waals surface area contributed by atoms with Gasteiger partial charge in [0, 0.05) is 11.2 Å². The number of rotatable bonds is 3. The summed E-state index contributed by atoms with van der Waals surface area (Å²) in [5.41, 5.74) is 1.29. The molecule has 0 radical (unpaired) electrons. The molecule has 0 aliphatic rings. The number of pyridine rings is 1. The molecule has 6 heteroatoms. The lowest BCUT2D eigenvalue weighted by Crippen LogP contribution is -1.89. The Morgan fingerprint density at radius 1 is 1.20 bits per heavy atom. The number of halogens is 1. The fraction of sp³-hybridized carbons (Fsp3) is 0.0714. The van der Waals surface area contributed by atoms with Crippen molar-refractivity contribution < 1.29 is 9.26 Å². The minimum Gasteiger partial charge on any atom is -0.496 e. The maximum absolute atomic E-state index is 5.99. The van der Waals surface area contributed by atoms with E-state index in [2.05, 4.69) is 15.1 Å². The molecule has 0 N–H and O–H groups in total. The van der Waals surface area contributed by atoms with Gasteiger partial charge in [-0.2, -0.15) is 4.98 Å². The van der Waals surface area contributed by atoms with Crippen molar-refractivity contribution >= 4 is 11.6 Å². The van der Waals surface area contributed by atoms with Gasteiger partial charge in [-0.3, -0.25) is 4.98 Å². The lowest BCUT2D eigenvalue weighted by atomic mass is 10.2. The molecule has 5 nitrogen and oxygen atoms in total.